The molecule has 0 heterocycles. The summed E-state index contributed by atoms with van der Waals surface area (Å²) < 4.78 is 0. The first-order valence-corrected chi connectivity index (χ1v) is 7.40. The summed E-state index contributed by atoms with van der Waals surface area (Å²) in [5.74, 6) is -0.256. The molecule has 100 valence electrons. The Labute approximate surface area is 126 Å². The normalized spacial score (nSPS) is 9.85. The number of nitrogens with one attached hydrogen (secondary N) is 1. The Balaban J connectivity index is 2.33. The molecule has 0 atom stereocenters. The second-order valence-corrected chi connectivity index (χ2v) is 5.24. The highest BCUT2D eigenvalue weighted by Crippen LogP contribution is 2.24. The predicted molar refractivity (Wildman–Crippen MR) is 82.3 cm³/mol. The highest BCUT2D eigenvalue weighted by molar-refractivity contribution is 7.98. The van der Waals surface area contributed by atoms with Crippen molar-refractivity contribution in [1.29, 1.82) is 5.26 Å². The molecule has 5 heteroatoms. The van der Waals surface area contributed by atoms with Crippen LogP contribution in [0.2, 0.25) is 5.02 Å². The van der Waals surface area contributed by atoms with E-state index in [1.165, 1.54) is 11.8 Å². The van der Waals surface area contributed by atoms with E-state index < -0.39 is 0 Å². The maximum atomic E-state index is 12.3. The third kappa shape index (κ3) is 3.13. The van der Waals surface area contributed by atoms with Crippen LogP contribution in [-0.4, -0.2) is 12.2 Å². The van der Waals surface area contributed by atoms with E-state index in [0.717, 1.165) is 4.90 Å². The fraction of sp³-hybridized carbons (Fsp3) is 0.0667. The van der Waals surface area contributed by atoms with Crippen LogP contribution in [-0.2, 0) is 0 Å². The molecule has 1 N–H and O–H groups in total. The zero-order chi connectivity index (χ0) is 14.5. The molecule has 0 saturated carbocycles. The van der Waals surface area contributed by atoms with Crippen molar-refractivity contribution in [2.45, 2.75) is 4.90 Å². The summed E-state index contributed by atoms with van der Waals surface area (Å²) in [7, 11) is 0. The Kier molecular flexibility index (Phi) is 4.67. The molecule has 0 radical (unpaired) electrons. The van der Waals surface area contributed by atoms with E-state index in [4.69, 9.17) is 16.9 Å². The van der Waals surface area contributed by atoms with Gasteiger partial charge in [-0.2, -0.15) is 5.26 Å². The van der Waals surface area contributed by atoms with Crippen molar-refractivity contribution in [2.24, 2.45) is 0 Å². The number of halogens is 1. The number of hydrogen-bond acceptors (Lipinski definition) is 3. The van der Waals surface area contributed by atoms with Gasteiger partial charge in [0.05, 0.1) is 16.8 Å². The lowest BCUT2D eigenvalue weighted by atomic mass is 10.1. The number of amides is 1. The van der Waals surface area contributed by atoms with E-state index in [1.807, 2.05) is 24.5 Å². The number of hydrogen-bond donors (Lipinski definition) is 1. The molecule has 0 aliphatic heterocycles. The number of nitriles is 1. The maximum Gasteiger partial charge on any atom is 0.256 e. The molecule has 0 bridgehead atoms. The van der Waals surface area contributed by atoms with Crippen LogP contribution >= 0.6 is 23.4 Å². The first-order chi connectivity index (χ1) is 9.65. The quantitative estimate of drug-likeness (QED) is 0.865. The number of nitrogens with zero attached hydrogens (tertiary/aromatic N) is 1. The van der Waals surface area contributed by atoms with Gasteiger partial charge in [-0.3, -0.25) is 4.79 Å². The van der Waals surface area contributed by atoms with E-state index >= 15 is 0 Å². The molecule has 2 aromatic carbocycles. The summed E-state index contributed by atoms with van der Waals surface area (Å²) in [6, 6.07) is 14.1. The molecule has 0 saturated heterocycles. The summed E-state index contributed by atoms with van der Waals surface area (Å²) in [5.41, 5.74) is 1.37. The second-order valence-electron chi connectivity index (χ2n) is 3.96. The SMILES string of the molecule is CSc1ccccc1C(=O)Nc1cc(Cl)ccc1C#N. The summed E-state index contributed by atoms with van der Waals surface area (Å²) >= 11 is 7.39. The van der Waals surface area contributed by atoms with Crippen molar-refractivity contribution in [3.05, 3.63) is 58.6 Å². The number of anilines is 1. The minimum Gasteiger partial charge on any atom is -0.321 e. The lowest BCUT2D eigenvalue weighted by Gasteiger charge is -2.10. The zero-order valence-corrected chi connectivity index (χ0v) is 12.3. The van der Waals surface area contributed by atoms with E-state index in [1.54, 1.807) is 30.3 Å². The molecule has 0 aliphatic carbocycles. The standard InChI is InChI=1S/C15H11ClN2OS/c1-20-14-5-3-2-4-12(14)15(19)18-13-8-11(16)7-6-10(13)9-17/h2-8H,1H3,(H,18,19). The van der Waals surface area contributed by atoms with Crippen LogP contribution in [0.3, 0.4) is 0 Å². The van der Waals surface area contributed by atoms with Crippen LogP contribution in [0.4, 0.5) is 5.69 Å². The Morgan fingerprint density at radius 1 is 1.30 bits per heavy atom. The topological polar surface area (TPSA) is 52.9 Å². The maximum absolute atomic E-state index is 12.3. The molecule has 2 aromatic rings. The van der Waals surface area contributed by atoms with E-state index in [2.05, 4.69) is 5.32 Å². The highest BCUT2D eigenvalue weighted by atomic mass is 35.5. The highest BCUT2D eigenvalue weighted by Gasteiger charge is 2.12. The molecule has 20 heavy (non-hydrogen) atoms. The number of thioether (sulfide) groups is 1. The fourth-order valence-corrected chi connectivity index (χ4v) is 2.51. The van der Waals surface area contributed by atoms with Gasteiger partial charge in [-0.25, -0.2) is 0 Å². The van der Waals surface area contributed by atoms with Crippen LogP contribution in [0.1, 0.15) is 15.9 Å². The van der Waals surface area contributed by atoms with Gasteiger partial charge in [0.25, 0.3) is 5.91 Å². The van der Waals surface area contributed by atoms with Crippen LogP contribution in [0, 0.1) is 11.3 Å². The predicted octanol–water partition coefficient (Wildman–Crippen LogP) is 4.19. The molecule has 0 unspecified atom stereocenters. The molecule has 1 amide bonds. The van der Waals surface area contributed by atoms with Gasteiger partial charge in [-0.15, -0.1) is 11.8 Å². The molecular formula is C15H11ClN2OS. The van der Waals surface area contributed by atoms with Crippen molar-refractivity contribution in [2.75, 3.05) is 11.6 Å². The first-order valence-electron chi connectivity index (χ1n) is 5.79. The molecule has 0 spiro atoms. The summed E-state index contributed by atoms with van der Waals surface area (Å²) in [5, 5.41) is 12.2. The molecule has 3 nitrogen and oxygen atoms in total. The number of carbonyl (C=O) groups is 1. The number of rotatable bonds is 3. The summed E-state index contributed by atoms with van der Waals surface area (Å²) in [6.07, 6.45) is 1.91. The fourth-order valence-electron chi connectivity index (χ4n) is 1.74. The monoisotopic (exact) mass is 302 g/mol. The zero-order valence-electron chi connectivity index (χ0n) is 10.7. The van der Waals surface area contributed by atoms with Crippen molar-refractivity contribution >= 4 is 35.0 Å². The lowest BCUT2D eigenvalue weighted by molar-refractivity contribution is 0.102. The third-order valence-corrected chi connectivity index (χ3v) is 3.73. The van der Waals surface area contributed by atoms with Crippen molar-refractivity contribution in [3.63, 3.8) is 0 Å². The molecule has 0 aromatic heterocycles. The van der Waals surface area contributed by atoms with Gasteiger partial charge >= 0.3 is 0 Å². The van der Waals surface area contributed by atoms with Crippen molar-refractivity contribution < 1.29 is 4.79 Å². The van der Waals surface area contributed by atoms with Gasteiger partial charge in [-0.1, -0.05) is 23.7 Å². The van der Waals surface area contributed by atoms with E-state index in [9.17, 15) is 4.79 Å². The van der Waals surface area contributed by atoms with Gasteiger partial charge in [0.1, 0.15) is 6.07 Å². The molecule has 2 rings (SSSR count). The molecule has 0 fully saturated rings. The minimum atomic E-state index is -0.256. The smallest absolute Gasteiger partial charge is 0.256 e. The van der Waals surface area contributed by atoms with Crippen molar-refractivity contribution in [1.82, 2.24) is 0 Å². The Morgan fingerprint density at radius 3 is 2.75 bits per heavy atom. The Hall–Kier alpha value is -1.96. The number of carbonyl (C=O) groups excluding carboxylic acids is 1. The lowest BCUT2D eigenvalue weighted by Crippen LogP contribution is -2.13. The first kappa shape index (κ1) is 14.4. The van der Waals surface area contributed by atoms with Crippen LogP contribution < -0.4 is 5.32 Å². The number of benzene rings is 2. The minimum absolute atomic E-state index is 0.256. The van der Waals surface area contributed by atoms with Crippen LogP contribution in [0.15, 0.2) is 47.4 Å². The summed E-state index contributed by atoms with van der Waals surface area (Å²) in [4.78, 5) is 13.2. The van der Waals surface area contributed by atoms with Gasteiger partial charge in [0.15, 0.2) is 0 Å². The molecular weight excluding hydrogens is 292 g/mol. The largest absolute Gasteiger partial charge is 0.321 e. The molecule has 0 aliphatic rings. The van der Waals surface area contributed by atoms with Gasteiger partial charge in [-0.05, 0) is 36.6 Å². The summed E-state index contributed by atoms with van der Waals surface area (Å²) in [6.45, 7) is 0. The van der Waals surface area contributed by atoms with E-state index in [0.29, 0.717) is 21.8 Å². The third-order valence-electron chi connectivity index (χ3n) is 2.70. The van der Waals surface area contributed by atoms with Crippen molar-refractivity contribution in [3.8, 4) is 6.07 Å². The Morgan fingerprint density at radius 2 is 2.05 bits per heavy atom. The van der Waals surface area contributed by atoms with Gasteiger partial charge in [0.2, 0.25) is 0 Å². The van der Waals surface area contributed by atoms with Crippen LogP contribution in [0.25, 0.3) is 0 Å². The van der Waals surface area contributed by atoms with Gasteiger partial charge in [0, 0.05) is 9.92 Å². The second kappa shape index (κ2) is 6.47. The Bertz CT molecular complexity index is 695. The van der Waals surface area contributed by atoms with E-state index in [-0.39, 0.29) is 5.91 Å². The van der Waals surface area contributed by atoms with Crippen LogP contribution in [0.5, 0.6) is 0 Å². The van der Waals surface area contributed by atoms with Gasteiger partial charge < -0.3 is 5.32 Å². The average Bonchev–Trinajstić information content (AvgIpc) is 2.47. The average molecular weight is 303 g/mol.